The lowest BCUT2D eigenvalue weighted by molar-refractivity contribution is -0.144. The number of hydrogen-bond acceptors (Lipinski definition) is 4. The van der Waals surface area contributed by atoms with E-state index in [4.69, 9.17) is 10.5 Å². The molecule has 2 saturated carbocycles. The summed E-state index contributed by atoms with van der Waals surface area (Å²) in [5, 5.41) is 2.63. The Morgan fingerprint density at radius 1 is 1.35 bits per heavy atom. The quantitative estimate of drug-likeness (QED) is 0.680. The van der Waals surface area contributed by atoms with Crippen molar-refractivity contribution >= 4 is 11.9 Å². The second kappa shape index (κ2) is 5.04. The summed E-state index contributed by atoms with van der Waals surface area (Å²) in [6.45, 7) is 2.03. The smallest absolute Gasteiger partial charge is 0.325 e. The van der Waals surface area contributed by atoms with E-state index in [1.807, 2.05) is 0 Å². The number of hydrogen-bond donors (Lipinski definition) is 2. The maximum absolute atomic E-state index is 12.0. The van der Waals surface area contributed by atoms with Crippen molar-refractivity contribution in [3.63, 3.8) is 0 Å². The molecule has 0 spiro atoms. The molecular weight excluding hydrogens is 220 g/mol. The predicted molar refractivity (Wildman–Crippen MR) is 61.9 cm³/mol. The molecule has 0 heterocycles. The number of carbonyl (C=O) groups is 2. The second-order valence-corrected chi connectivity index (χ2v) is 4.96. The molecule has 0 saturated heterocycles. The van der Waals surface area contributed by atoms with Crippen LogP contribution in [0.25, 0.3) is 0 Å². The molecule has 17 heavy (non-hydrogen) atoms. The summed E-state index contributed by atoms with van der Waals surface area (Å²) in [6, 6.07) is -0.0315. The summed E-state index contributed by atoms with van der Waals surface area (Å²) in [7, 11) is 0. The van der Waals surface area contributed by atoms with Gasteiger partial charge in [-0.2, -0.15) is 0 Å². The molecule has 0 aliphatic heterocycles. The lowest BCUT2D eigenvalue weighted by Gasteiger charge is -2.26. The van der Waals surface area contributed by atoms with Gasteiger partial charge in [0.25, 0.3) is 0 Å². The fourth-order valence-corrected chi connectivity index (χ4v) is 3.21. The van der Waals surface area contributed by atoms with Crippen LogP contribution in [-0.4, -0.2) is 31.1 Å². The first kappa shape index (κ1) is 12.4. The average molecular weight is 240 g/mol. The molecule has 4 atom stereocenters. The molecule has 0 aromatic carbocycles. The van der Waals surface area contributed by atoms with Crippen molar-refractivity contribution in [3.8, 4) is 0 Å². The highest BCUT2D eigenvalue weighted by atomic mass is 16.5. The maximum atomic E-state index is 12.0. The first-order chi connectivity index (χ1) is 8.13. The summed E-state index contributed by atoms with van der Waals surface area (Å²) in [5.74, 6) is 0.328. The first-order valence-corrected chi connectivity index (χ1v) is 6.32. The van der Waals surface area contributed by atoms with E-state index < -0.39 is 5.97 Å². The molecule has 4 unspecified atom stereocenters. The summed E-state index contributed by atoms with van der Waals surface area (Å²) in [5.41, 5.74) is 6.05. The van der Waals surface area contributed by atoms with Gasteiger partial charge in [-0.15, -0.1) is 0 Å². The highest BCUT2D eigenvalue weighted by Crippen LogP contribution is 2.47. The standard InChI is InChI=1S/C12H20N2O3/c1-2-17-9(15)6-14-12(16)10-7-3-4-8(5-7)11(10)13/h7-8,10-11H,2-6,13H2,1H3,(H,14,16). The number of nitrogens with two attached hydrogens (primary N) is 1. The van der Waals surface area contributed by atoms with Crippen LogP contribution in [0.3, 0.4) is 0 Å². The molecule has 2 fully saturated rings. The van der Waals surface area contributed by atoms with Crippen LogP contribution in [0.1, 0.15) is 26.2 Å². The van der Waals surface area contributed by atoms with E-state index in [1.165, 1.54) is 0 Å². The van der Waals surface area contributed by atoms with Crippen molar-refractivity contribution in [2.75, 3.05) is 13.2 Å². The van der Waals surface area contributed by atoms with Crippen molar-refractivity contribution in [1.82, 2.24) is 5.32 Å². The Bertz CT molecular complexity index is 317. The fourth-order valence-electron chi connectivity index (χ4n) is 3.21. The van der Waals surface area contributed by atoms with Crippen LogP contribution in [0.5, 0.6) is 0 Å². The highest BCUT2D eigenvalue weighted by molar-refractivity contribution is 5.84. The minimum absolute atomic E-state index is 0.0315. The Morgan fingerprint density at radius 3 is 2.65 bits per heavy atom. The number of ether oxygens (including phenoxy) is 1. The van der Waals surface area contributed by atoms with E-state index in [9.17, 15) is 9.59 Å². The normalized spacial score (nSPS) is 34.7. The lowest BCUT2D eigenvalue weighted by Crippen LogP contribution is -2.46. The third kappa shape index (κ3) is 2.44. The van der Waals surface area contributed by atoms with Crippen LogP contribution < -0.4 is 11.1 Å². The number of fused-ring (bicyclic) bond motifs is 2. The van der Waals surface area contributed by atoms with E-state index >= 15 is 0 Å². The average Bonchev–Trinajstić information content (AvgIpc) is 2.86. The monoisotopic (exact) mass is 240 g/mol. The first-order valence-electron chi connectivity index (χ1n) is 6.32. The van der Waals surface area contributed by atoms with Crippen LogP contribution in [0, 0.1) is 17.8 Å². The molecule has 0 radical (unpaired) electrons. The Kier molecular flexibility index (Phi) is 3.66. The Balaban J connectivity index is 1.82. The van der Waals surface area contributed by atoms with E-state index in [2.05, 4.69) is 5.32 Å². The van der Waals surface area contributed by atoms with Crippen molar-refractivity contribution in [2.24, 2.45) is 23.5 Å². The minimum atomic E-state index is -0.391. The van der Waals surface area contributed by atoms with Crippen LogP contribution in [-0.2, 0) is 14.3 Å². The van der Waals surface area contributed by atoms with Gasteiger partial charge in [0.05, 0.1) is 12.5 Å². The van der Waals surface area contributed by atoms with Crippen LogP contribution >= 0.6 is 0 Å². The maximum Gasteiger partial charge on any atom is 0.325 e. The Labute approximate surface area is 101 Å². The number of amides is 1. The second-order valence-electron chi connectivity index (χ2n) is 4.96. The minimum Gasteiger partial charge on any atom is -0.465 e. The Hall–Kier alpha value is -1.10. The summed E-state index contributed by atoms with van der Waals surface area (Å²) < 4.78 is 4.76. The van der Waals surface area contributed by atoms with Crippen molar-refractivity contribution in [1.29, 1.82) is 0 Å². The fraction of sp³-hybridized carbons (Fsp3) is 0.833. The summed E-state index contributed by atoms with van der Waals surface area (Å²) in [4.78, 5) is 23.1. The van der Waals surface area contributed by atoms with Crippen LogP contribution in [0.2, 0.25) is 0 Å². The molecule has 2 aliphatic carbocycles. The molecular formula is C12H20N2O3. The topological polar surface area (TPSA) is 81.4 Å². The Morgan fingerprint density at radius 2 is 2.06 bits per heavy atom. The van der Waals surface area contributed by atoms with Gasteiger partial charge >= 0.3 is 5.97 Å². The van der Waals surface area contributed by atoms with Gasteiger partial charge in [0.2, 0.25) is 5.91 Å². The zero-order valence-electron chi connectivity index (χ0n) is 10.1. The van der Waals surface area contributed by atoms with Crippen molar-refractivity contribution in [2.45, 2.75) is 32.2 Å². The zero-order chi connectivity index (χ0) is 12.4. The summed E-state index contributed by atoms with van der Waals surface area (Å²) >= 11 is 0. The molecule has 3 N–H and O–H groups in total. The molecule has 0 aromatic heterocycles. The molecule has 5 nitrogen and oxygen atoms in total. The third-order valence-corrected chi connectivity index (χ3v) is 4.00. The predicted octanol–water partition coefficient (Wildman–Crippen LogP) is 0.0391. The molecule has 2 bridgehead atoms. The molecule has 2 aliphatic rings. The molecule has 2 rings (SSSR count). The van der Waals surface area contributed by atoms with Crippen molar-refractivity contribution < 1.29 is 14.3 Å². The van der Waals surface area contributed by atoms with E-state index in [0.717, 1.165) is 19.3 Å². The van der Waals surface area contributed by atoms with Gasteiger partial charge in [0.15, 0.2) is 0 Å². The molecule has 1 amide bonds. The van der Waals surface area contributed by atoms with E-state index in [-0.39, 0.29) is 24.4 Å². The highest BCUT2D eigenvalue weighted by Gasteiger charge is 2.48. The number of esters is 1. The van der Waals surface area contributed by atoms with Gasteiger partial charge in [-0.3, -0.25) is 9.59 Å². The van der Waals surface area contributed by atoms with Crippen molar-refractivity contribution in [3.05, 3.63) is 0 Å². The summed E-state index contributed by atoms with van der Waals surface area (Å²) in [6.07, 6.45) is 3.31. The van der Waals surface area contributed by atoms with Crippen LogP contribution in [0.15, 0.2) is 0 Å². The number of rotatable bonds is 4. The SMILES string of the molecule is CCOC(=O)CNC(=O)C1C2CCC(C2)C1N. The molecule has 96 valence electrons. The molecule has 0 aromatic rings. The third-order valence-electron chi connectivity index (χ3n) is 4.00. The van der Waals surface area contributed by atoms with Gasteiger partial charge in [-0.25, -0.2) is 0 Å². The van der Waals surface area contributed by atoms with E-state index in [1.54, 1.807) is 6.92 Å². The lowest BCUT2D eigenvalue weighted by atomic mass is 9.84. The van der Waals surface area contributed by atoms with E-state index in [0.29, 0.717) is 18.4 Å². The zero-order valence-corrected chi connectivity index (χ0v) is 10.1. The number of nitrogens with one attached hydrogen (secondary N) is 1. The van der Waals surface area contributed by atoms with Gasteiger partial charge in [-0.05, 0) is 38.0 Å². The largest absolute Gasteiger partial charge is 0.465 e. The van der Waals surface area contributed by atoms with Gasteiger partial charge in [0.1, 0.15) is 6.54 Å². The number of carbonyl (C=O) groups excluding carboxylic acids is 2. The molecule has 5 heteroatoms. The van der Waals surface area contributed by atoms with Crippen LogP contribution in [0.4, 0.5) is 0 Å². The van der Waals surface area contributed by atoms with Gasteiger partial charge < -0.3 is 15.8 Å². The van der Waals surface area contributed by atoms with Gasteiger partial charge in [-0.1, -0.05) is 0 Å². The van der Waals surface area contributed by atoms with Gasteiger partial charge in [0, 0.05) is 6.04 Å².